The van der Waals surface area contributed by atoms with Gasteiger partial charge in [-0.25, -0.2) is 4.79 Å². The summed E-state index contributed by atoms with van der Waals surface area (Å²) in [6.07, 6.45) is 0. The van der Waals surface area contributed by atoms with Gasteiger partial charge in [0.15, 0.2) is 0 Å². The van der Waals surface area contributed by atoms with E-state index in [-0.39, 0.29) is 5.97 Å². The second-order valence-electron chi connectivity index (χ2n) is 4.57. The summed E-state index contributed by atoms with van der Waals surface area (Å²) in [4.78, 5) is 12.4. The number of hydrogen-bond acceptors (Lipinski definition) is 5. The number of carbonyl (C=O) groups is 1. The summed E-state index contributed by atoms with van der Waals surface area (Å²) in [5.41, 5.74) is 0.128. The molecule has 2 aromatic rings. The summed E-state index contributed by atoms with van der Waals surface area (Å²) in [5.74, 6) is -0.324. The zero-order chi connectivity index (χ0) is 12.6. The van der Waals surface area contributed by atoms with Gasteiger partial charge in [0.1, 0.15) is 16.5 Å². The van der Waals surface area contributed by atoms with E-state index in [1.807, 2.05) is 20.8 Å². The molecule has 0 amide bonds. The van der Waals surface area contributed by atoms with Gasteiger partial charge < -0.3 is 4.74 Å². The first kappa shape index (κ1) is 12.1. The molecule has 88 valence electrons. The van der Waals surface area contributed by atoms with Gasteiger partial charge >= 0.3 is 5.97 Å². The third kappa shape index (κ3) is 2.48. The van der Waals surface area contributed by atoms with Gasteiger partial charge in [0.05, 0.1) is 9.58 Å². The summed E-state index contributed by atoms with van der Waals surface area (Å²) in [5, 5.41) is 11.6. The van der Waals surface area contributed by atoms with Crippen molar-refractivity contribution in [2.45, 2.75) is 26.4 Å². The molecule has 5 heteroatoms. The summed E-state index contributed by atoms with van der Waals surface area (Å²) < 4.78 is 6.28. The Bertz CT molecular complexity index is 610. The fourth-order valence-corrected chi connectivity index (χ4v) is 3.43. The molecule has 0 aliphatic rings. The minimum Gasteiger partial charge on any atom is -0.456 e. The van der Waals surface area contributed by atoms with E-state index in [0.29, 0.717) is 10.4 Å². The molecule has 0 spiro atoms. The van der Waals surface area contributed by atoms with Crippen LogP contribution in [0.15, 0.2) is 11.4 Å². The van der Waals surface area contributed by atoms with E-state index in [1.54, 1.807) is 11.4 Å². The normalized spacial score (nSPS) is 11.4. The topological polar surface area (TPSA) is 50.1 Å². The van der Waals surface area contributed by atoms with Crippen molar-refractivity contribution >= 4 is 38.0 Å². The highest BCUT2D eigenvalue weighted by molar-refractivity contribution is 7.38. The Kier molecular flexibility index (Phi) is 2.94. The van der Waals surface area contributed by atoms with Crippen LogP contribution in [0.2, 0.25) is 0 Å². The summed E-state index contributed by atoms with van der Waals surface area (Å²) in [7, 11) is 0. The first-order valence-electron chi connectivity index (χ1n) is 5.05. The predicted octanol–water partition coefficient (Wildman–Crippen LogP) is 3.79. The second-order valence-corrected chi connectivity index (χ2v) is 6.77. The predicted molar refractivity (Wildman–Crippen MR) is 69.6 cm³/mol. The summed E-state index contributed by atoms with van der Waals surface area (Å²) >= 11 is 2.86. The number of ether oxygens (including phenoxy) is 1. The van der Waals surface area contributed by atoms with Crippen molar-refractivity contribution in [3.63, 3.8) is 0 Å². The van der Waals surface area contributed by atoms with Crippen LogP contribution >= 0.6 is 22.7 Å². The number of thiophene rings is 2. The van der Waals surface area contributed by atoms with Crippen molar-refractivity contribution in [1.29, 1.82) is 5.26 Å². The van der Waals surface area contributed by atoms with Gasteiger partial charge in [-0.2, -0.15) is 5.26 Å². The highest BCUT2D eigenvalue weighted by atomic mass is 32.2. The maximum Gasteiger partial charge on any atom is 0.348 e. The van der Waals surface area contributed by atoms with E-state index >= 15 is 0 Å². The average Bonchev–Trinajstić information content (AvgIpc) is 2.72. The molecule has 17 heavy (non-hydrogen) atoms. The molecule has 0 aliphatic carbocycles. The summed E-state index contributed by atoms with van der Waals surface area (Å²) in [6, 6.07) is 3.85. The van der Waals surface area contributed by atoms with E-state index in [0.717, 1.165) is 9.40 Å². The van der Waals surface area contributed by atoms with Gasteiger partial charge in [-0.1, -0.05) is 0 Å². The van der Waals surface area contributed by atoms with Gasteiger partial charge in [0.2, 0.25) is 0 Å². The lowest BCUT2D eigenvalue weighted by atomic mass is 10.2. The number of rotatable bonds is 1. The smallest absolute Gasteiger partial charge is 0.348 e. The Morgan fingerprint density at radius 3 is 2.76 bits per heavy atom. The zero-order valence-electron chi connectivity index (χ0n) is 9.73. The van der Waals surface area contributed by atoms with Gasteiger partial charge in [-0.05, 0) is 26.8 Å². The second kappa shape index (κ2) is 4.13. The lowest BCUT2D eigenvalue weighted by molar-refractivity contribution is 0.00753. The first-order chi connectivity index (χ1) is 7.90. The fraction of sp³-hybridized carbons (Fsp3) is 0.333. The Labute approximate surface area is 107 Å². The lowest BCUT2D eigenvalue weighted by Gasteiger charge is -2.18. The van der Waals surface area contributed by atoms with Crippen molar-refractivity contribution in [3.05, 3.63) is 21.9 Å². The van der Waals surface area contributed by atoms with Gasteiger partial charge in [0.25, 0.3) is 0 Å². The highest BCUT2D eigenvalue weighted by Gasteiger charge is 2.20. The molecule has 0 radical (unpaired) electrons. The van der Waals surface area contributed by atoms with E-state index < -0.39 is 5.60 Å². The highest BCUT2D eigenvalue weighted by Crippen LogP contribution is 2.34. The van der Waals surface area contributed by atoms with Gasteiger partial charge in [0, 0.05) is 10.8 Å². The zero-order valence-corrected chi connectivity index (χ0v) is 11.4. The Morgan fingerprint density at radius 1 is 1.47 bits per heavy atom. The molecule has 0 bridgehead atoms. The molecule has 2 rings (SSSR count). The van der Waals surface area contributed by atoms with Crippen LogP contribution < -0.4 is 0 Å². The van der Waals surface area contributed by atoms with E-state index in [2.05, 4.69) is 6.07 Å². The third-order valence-electron chi connectivity index (χ3n) is 1.99. The van der Waals surface area contributed by atoms with Crippen molar-refractivity contribution in [2.75, 3.05) is 0 Å². The number of carbonyl (C=O) groups excluding carboxylic acids is 1. The van der Waals surface area contributed by atoms with Crippen LogP contribution in [0.5, 0.6) is 0 Å². The molecule has 0 aliphatic heterocycles. The third-order valence-corrected chi connectivity index (χ3v) is 4.23. The molecule has 2 heterocycles. The van der Waals surface area contributed by atoms with Crippen molar-refractivity contribution in [1.82, 2.24) is 0 Å². The largest absolute Gasteiger partial charge is 0.456 e. The quantitative estimate of drug-likeness (QED) is 0.737. The minimum atomic E-state index is -0.493. The lowest BCUT2D eigenvalue weighted by Crippen LogP contribution is -2.23. The van der Waals surface area contributed by atoms with Crippen molar-refractivity contribution in [3.8, 4) is 6.07 Å². The maximum absolute atomic E-state index is 11.8. The fourth-order valence-electron chi connectivity index (χ4n) is 1.34. The van der Waals surface area contributed by atoms with E-state index in [1.165, 1.54) is 22.7 Å². The Morgan fingerprint density at radius 2 is 2.18 bits per heavy atom. The Hall–Kier alpha value is -1.38. The SMILES string of the molecule is CC(C)(C)OC(=O)c1cc2c(C#N)csc2s1. The molecule has 0 unspecified atom stereocenters. The molecular formula is C12H11NO2S2. The number of nitriles is 1. The minimum absolute atomic E-state index is 0.324. The molecular weight excluding hydrogens is 254 g/mol. The number of fused-ring (bicyclic) bond motifs is 1. The molecule has 2 aromatic heterocycles. The van der Waals surface area contributed by atoms with Crippen LogP contribution in [0, 0.1) is 11.3 Å². The van der Waals surface area contributed by atoms with Crippen LogP contribution in [0.3, 0.4) is 0 Å². The molecule has 3 nitrogen and oxygen atoms in total. The van der Waals surface area contributed by atoms with Crippen molar-refractivity contribution < 1.29 is 9.53 Å². The monoisotopic (exact) mass is 265 g/mol. The molecule has 0 aromatic carbocycles. The summed E-state index contributed by atoms with van der Waals surface area (Å²) in [6.45, 7) is 5.50. The molecule has 0 atom stereocenters. The molecule has 0 saturated carbocycles. The first-order valence-corrected chi connectivity index (χ1v) is 6.75. The molecule has 0 N–H and O–H groups in total. The maximum atomic E-state index is 11.8. The number of esters is 1. The number of hydrogen-bond donors (Lipinski definition) is 0. The average molecular weight is 265 g/mol. The molecule has 0 saturated heterocycles. The van der Waals surface area contributed by atoms with Crippen LogP contribution in [-0.4, -0.2) is 11.6 Å². The standard InChI is InChI=1S/C12H11NO2S2/c1-12(2,3)15-10(14)9-4-8-7(5-13)6-16-11(8)17-9/h4,6H,1-3H3. The van der Waals surface area contributed by atoms with E-state index in [9.17, 15) is 4.79 Å². The Balaban J connectivity index is 2.35. The van der Waals surface area contributed by atoms with Crippen LogP contribution in [0.25, 0.3) is 9.40 Å². The van der Waals surface area contributed by atoms with Crippen molar-refractivity contribution in [2.24, 2.45) is 0 Å². The number of nitrogens with zero attached hydrogens (tertiary/aromatic N) is 1. The van der Waals surface area contributed by atoms with Gasteiger partial charge in [-0.15, -0.1) is 22.7 Å². The van der Waals surface area contributed by atoms with Crippen LogP contribution in [-0.2, 0) is 4.74 Å². The van der Waals surface area contributed by atoms with Crippen LogP contribution in [0.4, 0.5) is 0 Å². The molecule has 0 fully saturated rings. The van der Waals surface area contributed by atoms with Crippen LogP contribution in [0.1, 0.15) is 36.0 Å². The van der Waals surface area contributed by atoms with Gasteiger partial charge in [-0.3, -0.25) is 0 Å². The van der Waals surface area contributed by atoms with E-state index in [4.69, 9.17) is 10.00 Å².